The Morgan fingerprint density at radius 1 is 1.54 bits per heavy atom. The van der Waals surface area contributed by atoms with Gasteiger partial charge in [0.1, 0.15) is 5.92 Å². The van der Waals surface area contributed by atoms with E-state index in [0.717, 1.165) is 12.8 Å². The molecule has 2 unspecified atom stereocenters. The molecular formula is C10H18O3. The number of hydrogen-bond acceptors (Lipinski definition) is 2. The van der Waals surface area contributed by atoms with Crippen LogP contribution in [0.5, 0.6) is 0 Å². The lowest BCUT2D eigenvalue weighted by atomic mass is 9.82. The Morgan fingerprint density at radius 3 is 2.85 bits per heavy atom. The molecule has 0 radical (unpaired) electrons. The van der Waals surface area contributed by atoms with Gasteiger partial charge in [-0.1, -0.05) is 19.8 Å². The van der Waals surface area contributed by atoms with Crippen LogP contribution in [0, 0.1) is 11.8 Å². The molecule has 76 valence electrons. The Labute approximate surface area is 79.3 Å². The van der Waals surface area contributed by atoms with Crippen molar-refractivity contribution in [2.45, 2.75) is 39.5 Å². The minimum atomic E-state index is 0.223. The van der Waals surface area contributed by atoms with Gasteiger partial charge in [0, 0.05) is 0 Å². The Kier molecular flexibility index (Phi) is 4.06. The number of hydrogen-bond donors (Lipinski definition) is 0. The van der Waals surface area contributed by atoms with E-state index < -0.39 is 0 Å². The molecule has 0 heterocycles. The van der Waals surface area contributed by atoms with Crippen LogP contribution < -0.4 is 5.26 Å². The van der Waals surface area contributed by atoms with Crippen molar-refractivity contribution < 1.29 is 14.6 Å². The van der Waals surface area contributed by atoms with Crippen LogP contribution in [-0.4, -0.2) is 12.6 Å². The Morgan fingerprint density at radius 2 is 2.31 bits per heavy atom. The first-order valence-electron chi connectivity index (χ1n) is 5.07. The summed E-state index contributed by atoms with van der Waals surface area (Å²) < 4.78 is 9.18. The van der Waals surface area contributed by atoms with Gasteiger partial charge in [-0.25, -0.2) is 0 Å². The molecule has 0 aromatic heterocycles. The van der Waals surface area contributed by atoms with Crippen molar-refractivity contribution in [1.29, 1.82) is 0 Å². The Hall–Kier alpha value is -0.730. The van der Waals surface area contributed by atoms with Crippen LogP contribution in [0.1, 0.15) is 39.5 Å². The van der Waals surface area contributed by atoms with Gasteiger partial charge in [-0.15, -0.1) is 0 Å². The average Bonchev–Trinajstić information content (AvgIpc) is 2.14. The lowest BCUT2D eigenvalue weighted by Crippen LogP contribution is -2.27. The van der Waals surface area contributed by atoms with Crippen LogP contribution in [0.3, 0.4) is 0 Å². The van der Waals surface area contributed by atoms with Crippen LogP contribution in [0.2, 0.25) is 0 Å². The molecule has 0 N–H and O–H groups in total. The van der Waals surface area contributed by atoms with E-state index in [1.54, 1.807) is 0 Å². The zero-order valence-electron chi connectivity index (χ0n) is 8.41. The predicted molar refractivity (Wildman–Crippen MR) is 47.8 cm³/mol. The molecule has 0 aromatic rings. The van der Waals surface area contributed by atoms with Crippen LogP contribution in [0.4, 0.5) is 0 Å². The van der Waals surface area contributed by atoms with Crippen LogP contribution in [0.15, 0.2) is 0 Å². The minimum Gasteiger partial charge on any atom is -0.588 e. The Balaban J connectivity index is 2.48. The summed E-state index contributed by atoms with van der Waals surface area (Å²) in [6.45, 7) is 4.59. The van der Waals surface area contributed by atoms with Gasteiger partial charge in [-0.2, -0.15) is 0 Å². The summed E-state index contributed by atoms with van der Waals surface area (Å²) in [5.41, 5.74) is 0. The quantitative estimate of drug-likeness (QED) is 0.281. The van der Waals surface area contributed by atoms with E-state index in [-0.39, 0.29) is 5.92 Å². The molecule has 3 nitrogen and oxygen atoms in total. The minimum absolute atomic E-state index is 0.223. The molecule has 0 amide bonds. The van der Waals surface area contributed by atoms with E-state index >= 15 is 0 Å². The lowest BCUT2D eigenvalue weighted by molar-refractivity contribution is -1.05. The standard InChI is InChI=1S/C10H18O3/c1-3-12-10(13-11)9-6-4-5-8(2)7-9/h8-9H,3-7H2,1-2H3. The van der Waals surface area contributed by atoms with Gasteiger partial charge in [0.25, 0.3) is 0 Å². The SMILES string of the molecule is CCOC(=[O+][O-])C1CCCC(C)C1. The van der Waals surface area contributed by atoms with Crippen molar-refractivity contribution in [3.8, 4) is 0 Å². The van der Waals surface area contributed by atoms with Crippen LogP contribution in [0.25, 0.3) is 0 Å². The fourth-order valence-electron chi connectivity index (χ4n) is 2.00. The highest BCUT2D eigenvalue weighted by molar-refractivity contribution is 5.72. The zero-order valence-corrected chi connectivity index (χ0v) is 8.41. The molecule has 1 aliphatic carbocycles. The van der Waals surface area contributed by atoms with Gasteiger partial charge >= 0.3 is 5.97 Å². The molecule has 0 bridgehead atoms. The molecule has 0 aromatic carbocycles. The molecular weight excluding hydrogens is 168 g/mol. The first-order valence-corrected chi connectivity index (χ1v) is 5.07. The number of rotatable bonds is 2. The van der Waals surface area contributed by atoms with Gasteiger partial charge < -0.3 is 9.99 Å². The fourth-order valence-corrected chi connectivity index (χ4v) is 2.00. The molecule has 0 aliphatic heterocycles. The van der Waals surface area contributed by atoms with Crippen molar-refractivity contribution in [2.75, 3.05) is 6.61 Å². The third-order valence-electron chi connectivity index (χ3n) is 2.64. The van der Waals surface area contributed by atoms with E-state index in [9.17, 15) is 5.26 Å². The van der Waals surface area contributed by atoms with Gasteiger partial charge in [0.2, 0.25) is 0 Å². The summed E-state index contributed by atoms with van der Waals surface area (Å²) >= 11 is 0. The number of carbonyl (C=O) groups excluding carboxylic acids is 1. The maximum absolute atomic E-state index is 10.4. The van der Waals surface area contributed by atoms with Crippen molar-refractivity contribution >= 4 is 5.97 Å². The predicted octanol–water partition coefficient (Wildman–Crippen LogP) is 1.19. The third-order valence-corrected chi connectivity index (χ3v) is 2.64. The normalized spacial score (nSPS) is 30.2. The van der Waals surface area contributed by atoms with E-state index in [1.165, 1.54) is 12.8 Å². The number of esters is 1. The molecule has 1 fully saturated rings. The summed E-state index contributed by atoms with van der Waals surface area (Å²) in [5, 5.41) is 10.4. The van der Waals surface area contributed by atoms with Crippen molar-refractivity contribution in [3.63, 3.8) is 0 Å². The first kappa shape index (κ1) is 10.4. The smallest absolute Gasteiger partial charge is 0.500 e. The maximum Gasteiger partial charge on any atom is 0.500 e. The topological polar surface area (TPSA) is 43.6 Å². The summed E-state index contributed by atoms with van der Waals surface area (Å²) in [5.74, 6) is 1.21. The monoisotopic (exact) mass is 186 g/mol. The highest BCUT2D eigenvalue weighted by atomic mass is 17.1. The highest BCUT2D eigenvalue weighted by Gasteiger charge is 2.32. The summed E-state index contributed by atoms with van der Waals surface area (Å²) in [4.78, 5) is 0. The van der Waals surface area contributed by atoms with Crippen molar-refractivity contribution in [2.24, 2.45) is 11.8 Å². The highest BCUT2D eigenvalue weighted by Crippen LogP contribution is 2.29. The summed E-state index contributed by atoms with van der Waals surface area (Å²) in [6, 6.07) is 0. The molecule has 1 saturated carbocycles. The van der Waals surface area contributed by atoms with Gasteiger partial charge in [-0.3, -0.25) is 4.58 Å². The molecule has 1 aliphatic rings. The van der Waals surface area contributed by atoms with Gasteiger partial charge in [0.05, 0.1) is 0 Å². The van der Waals surface area contributed by atoms with Crippen LogP contribution in [-0.2, 0) is 9.31 Å². The summed E-state index contributed by atoms with van der Waals surface area (Å²) in [6.07, 6.45) is 4.49. The molecule has 0 spiro atoms. The van der Waals surface area contributed by atoms with E-state index in [0.29, 0.717) is 18.5 Å². The number of ether oxygens (including phenoxy) is 1. The molecule has 1 rings (SSSR count). The third kappa shape index (κ3) is 2.90. The molecule has 2 atom stereocenters. The van der Waals surface area contributed by atoms with E-state index in [1.807, 2.05) is 6.92 Å². The first-order chi connectivity index (χ1) is 6.27. The zero-order chi connectivity index (χ0) is 9.68. The second kappa shape index (κ2) is 5.10. The van der Waals surface area contributed by atoms with Gasteiger partial charge in [0.15, 0.2) is 6.61 Å². The largest absolute Gasteiger partial charge is 0.588 e. The maximum atomic E-state index is 10.4. The second-order valence-corrected chi connectivity index (χ2v) is 3.80. The van der Waals surface area contributed by atoms with E-state index in [2.05, 4.69) is 11.5 Å². The van der Waals surface area contributed by atoms with Gasteiger partial charge in [-0.05, 0) is 25.7 Å². The molecule has 13 heavy (non-hydrogen) atoms. The van der Waals surface area contributed by atoms with E-state index in [4.69, 9.17) is 4.74 Å². The Bertz CT molecular complexity index is 177. The average molecular weight is 186 g/mol. The summed E-state index contributed by atoms with van der Waals surface area (Å²) in [7, 11) is 0. The second-order valence-electron chi connectivity index (χ2n) is 3.80. The van der Waals surface area contributed by atoms with Crippen LogP contribution >= 0.6 is 0 Å². The molecule has 3 heteroatoms. The fraction of sp³-hybridized carbons (Fsp3) is 0.900. The molecule has 0 saturated heterocycles. The lowest BCUT2D eigenvalue weighted by Gasteiger charge is -2.22. The van der Waals surface area contributed by atoms with Crippen molar-refractivity contribution in [3.05, 3.63) is 0 Å². The van der Waals surface area contributed by atoms with Crippen molar-refractivity contribution in [1.82, 2.24) is 0 Å².